The van der Waals surface area contributed by atoms with Gasteiger partial charge in [0, 0.05) is 28.0 Å². The summed E-state index contributed by atoms with van der Waals surface area (Å²) in [7, 11) is 0. The molecule has 0 bridgehead atoms. The van der Waals surface area contributed by atoms with Crippen molar-refractivity contribution < 1.29 is 9.21 Å². The van der Waals surface area contributed by atoms with Crippen LogP contribution >= 0.6 is 28.1 Å². The van der Waals surface area contributed by atoms with E-state index in [-0.39, 0.29) is 11.0 Å². The molecule has 0 saturated heterocycles. The Hall–Kier alpha value is -2.32. The second-order valence-corrected chi connectivity index (χ2v) is 8.08. The summed E-state index contributed by atoms with van der Waals surface area (Å²) in [6.07, 6.45) is 3.38. The fourth-order valence-electron chi connectivity index (χ4n) is 2.11. The van der Waals surface area contributed by atoms with Crippen LogP contribution in [-0.4, -0.2) is 21.0 Å². The predicted molar refractivity (Wildman–Crippen MR) is 109 cm³/mol. The number of benzene rings is 1. The molecule has 1 amide bonds. The van der Waals surface area contributed by atoms with Crippen molar-refractivity contribution in [1.29, 1.82) is 0 Å². The molecule has 1 aromatic carbocycles. The zero-order valence-electron chi connectivity index (χ0n) is 14.5. The molecule has 0 fully saturated rings. The number of rotatable bonds is 2. The lowest BCUT2D eigenvalue weighted by molar-refractivity contribution is -0.126. The molecule has 0 atom stereocenters. The van der Waals surface area contributed by atoms with Crippen molar-refractivity contribution in [2.45, 2.75) is 20.8 Å². The number of aromatic nitrogens is 2. The molecule has 0 saturated carbocycles. The Morgan fingerprint density at radius 1 is 1.23 bits per heavy atom. The molecule has 0 radical (unpaired) electrons. The van der Waals surface area contributed by atoms with E-state index in [2.05, 4.69) is 36.5 Å². The van der Waals surface area contributed by atoms with E-state index in [0.29, 0.717) is 22.7 Å². The third-order valence-electron chi connectivity index (χ3n) is 3.51. The van der Waals surface area contributed by atoms with Gasteiger partial charge in [0.25, 0.3) is 0 Å². The molecule has 0 unspecified atom stereocenters. The molecule has 2 aromatic heterocycles. The third kappa shape index (κ3) is 4.25. The Morgan fingerprint density at radius 2 is 2.00 bits per heavy atom. The summed E-state index contributed by atoms with van der Waals surface area (Å²) < 4.78 is 6.62. The fraction of sp³-hybridized carbons (Fsp3) is 0.222. The first kappa shape index (κ1) is 18.5. The van der Waals surface area contributed by atoms with Gasteiger partial charge in [-0.3, -0.25) is 9.78 Å². The SMILES string of the molecule is CC(C)(C)C(=O)NC(=S)Nc1ccc2oc(-c3cncc(Br)c3)nc2c1. The van der Waals surface area contributed by atoms with E-state index < -0.39 is 5.41 Å². The van der Waals surface area contributed by atoms with Crippen molar-refractivity contribution >= 4 is 56.0 Å². The number of oxazole rings is 1. The molecule has 0 aliphatic carbocycles. The van der Waals surface area contributed by atoms with Crippen molar-refractivity contribution in [2.24, 2.45) is 5.41 Å². The van der Waals surface area contributed by atoms with Crippen LogP contribution < -0.4 is 10.6 Å². The molecule has 2 heterocycles. The van der Waals surface area contributed by atoms with Gasteiger partial charge in [-0.2, -0.15) is 0 Å². The van der Waals surface area contributed by atoms with E-state index in [0.717, 1.165) is 10.0 Å². The van der Waals surface area contributed by atoms with Crippen LogP contribution in [0.2, 0.25) is 0 Å². The summed E-state index contributed by atoms with van der Waals surface area (Å²) in [5.74, 6) is 0.330. The summed E-state index contributed by atoms with van der Waals surface area (Å²) in [6.45, 7) is 5.47. The minimum absolute atomic E-state index is 0.151. The van der Waals surface area contributed by atoms with E-state index in [9.17, 15) is 4.79 Å². The number of amides is 1. The van der Waals surface area contributed by atoms with Gasteiger partial charge >= 0.3 is 0 Å². The third-order valence-corrected chi connectivity index (χ3v) is 4.14. The minimum Gasteiger partial charge on any atom is -0.436 e. The molecule has 2 N–H and O–H groups in total. The van der Waals surface area contributed by atoms with Gasteiger partial charge in [0.2, 0.25) is 11.8 Å². The summed E-state index contributed by atoms with van der Waals surface area (Å²) in [6, 6.07) is 7.30. The first-order chi connectivity index (χ1) is 12.2. The summed E-state index contributed by atoms with van der Waals surface area (Å²) in [5.41, 5.74) is 2.29. The highest BCUT2D eigenvalue weighted by Gasteiger charge is 2.22. The Bertz CT molecular complexity index is 994. The molecular formula is C18H17BrN4O2S. The summed E-state index contributed by atoms with van der Waals surface area (Å²) >= 11 is 8.58. The summed E-state index contributed by atoms with van der Waals surface area (Å²) in [4.78, 5) is 20.6. The number of carbonyl (C=O) groups excluding carboxylic acids is 1. The number of pyridine rings is 1. The molecular weight excluding hydrogens is 416 g/mol. The lowest BCUT2D eigenvalue weighted by Crippen LogP contribution is -2.41. The first-order valence-electron chi connectivity index (χ1n) is 7.86. The molecule has 26 heavy (non-hydrogen) atoms. The average molecular weight is 433 g/mol. The molecule has 0 aliphatic rings. The van der Waals surface area contributed by atoms with Gasteiger partial charge in [-0.05, 0) is 52.4 Å². The van der Waals surface area contributed by atoms with Gasteiger partial charge in [0.05, 0.1) is 5.56 Å². The number of thiocarbonyl (C=S) groups is 1. The maximum Gasteiger partial charge on any atom is 0.231 e. The van der Waals surface area contributed by atoms with Gasteiger partial charge in [-0.25, -0.2) is 4.98 Å². The van der Waals surface area contributed by atoms with Crippen molar-refractivity contribution in [3.05, 3.63) is 41.1 Å². The van der Waals surface area contributed by atoms with Crippen molar-refractivity contribution in [3.63, 3.8) is 0 Å². The number of hydrogen-bond acceptors (Lipinski definition) is 5. The second kappa shape index (κ2) is 7.13. The molecule has 3 aromatic rings. The monoisotopic (exact) mass is 432 g/mol. The van der Waals surface area contributed by atoms with Gasteiger partial charge < -0.3 is 15.1 Å². The first-order valence-corrected chi connectivity index (χ1v) is 9.06. The number of fused-ring (bicyclic) bond motifs is 1. The van der Waals surface area contributed by atoms with E-state index in [4.69, 9.17) is 16.6 Å². The Balaban J connectivity index is 1.79. The number of carbonyl (C=O) groups is 1. The molecule has 0 aliphatic heterocycles. The lowest BCUT2D eigenvalue weighted by Gasteiger charge is -2.18. The predicted octanol–water partition coefficient (Wildman–Crippen LogP) is 4.51. The Kier molecular flexibility index (Phi) is 5.06. The van der Waals surface area contributed by atoms with E-state index >= 15 is 0 Å². The number of nitrogens with zero attached hydrogens (tertiary/aromatic N) is 2. The Labute approximate surface area is 164 Å². The normalized spacial score (nSPS) is 11.4. The number of hydrogen-bond donors (Lipinski definition) is 2. The summed E-state index contributed by atoms with van der Waals surface area (Å²) in [5, 5.41) is 5.91. The van der Waals surface area contributed by atoms with Gasteiger partial charge in [0.15, 0.2) is 10.7 Å². The highest BCUT2D eigenvalue weighted by Crippen LogP contribution is 2.27. The maximum absolute atomic E-state index is 12.0. The van der Waals surface area contributed by atoms with Crippen LogP contribution in [0, 0.1) is 5.41 Å². The zero-order chi connectivity index (χ0) is 18.9. The number of nitrogens with one attached hydrogen (secondary N) is 2. The molecule has 6 nitrogen and oxygen atoms in total. The average Bonchev–Trinajstić information content (AvgIpc) is 2.97. The van der Waals surface area contributed by atoms with Gasteiger partial charge in [0.1, 0.15) is 5.52 Å². The lowest BCUT2D eigenvalue weighted by atomic mass is 9.96. The highest BCUT2D eigenvalue weighted by molar-refractivity contribution is 9.10. The van der Waals surface area contributed by atoms with Crippen LogP contribution in [0.3, 0.4) is 0 Å². The molecule has 0 spiro atoms. The largest absolute Gasteiger partial charge is 0.436 e. The van der Waals surface area contributed by atoms with Crippen LogP contribution in [0.25, 0.3) is 22.6 Å². The number of halogens is 1. The van der Waals surface area contributed by atoms with Gasteiger partial charge in [-0.15, -0.1) is 0 Å². The van der Waals surface area contributed by atoms with Gasteiger partial charge in [-0.1, -0.05) is 20.8 Å². The Morgan fingerprint density at radius 3 is 2.69 bits per heavy atom. The van der Waals surface area contributed by atoms with Crippen LogP contribution in [0.5, 0.6) is 0 Å². The standard InChI is InChI=1S/C18H17BrN4O2S/c1-18(2,3)16(24)23-17(26)21-12-4-5-14-13(7-12)22-15(25-14)10-6-11(19)9-20-8-10/h4-9H,1-3H3,(H2,21,23,24,26). The minimum atomic E-state index is -0.519. The molecule has 8 heteroatoms. The topological polar surface area (TPSA) is 80.0 Å². The smallest absolute Gasteiger partial charge is 0.231 e. The second-order valence-electron chi connectivity index (χ2n) is 6.75. The highest BCUT2D eigenvalue weighted by atomic mass is 79.9. The zero-order valence-corrected chi connectivity index (χ0v) is 16.9. The van der Waals surface area contributed by atoms with Crippen LogP contribution in [0.1, 0.15) is 20.8 Å². The van der Waals surface area contributed by atoms with Crippen LogP contribution in [-0.2, 0) is 4.79 Å². The van der Waals surface area contributed by atoms with E-state index in [1.54, 1.807) is 18.5 Å². The van der Waals surface area contributed by atoms with Crippen molar-refractivity contribution in [3.8, 4) is 11.5 Å². The fourth-order valence-corrected chi connectivity index (χ4v) is 2.69. The van der Waals surface area contributed by atoms with E-state index in [1.807, 2.05) is 39.0 Å². The quantitative estimate of drug-likeness (QED) is 0.579. The van der Waals surface area contributed by atoms with Crippen LogP contribution in [0.4, 0.5) is 5.69 Å². The van der Waals surface area contributed by atoms with Crippen LogP contribution in [0.15, 0.2) is 45.5 Å². The molecule has 134 valence electrons. The number of anilines is 1. The van der Waals surface area contributed by atoms with E-state index in [1.165, 1.54) is 0 Å². The van der Waals surface area contributed by atoms with Crippen molar-refractivity contribution in [2.75, 3.05) is 5.32 Å². The van der Waals surface area contributed by atoms with Crippen molar-refractivity contribution in [1.82, 2.24) is 15.3 Å². The maximum atomic E-state index is 12.0. The molecule has 3 rings (SSSR count).